The lowest BCUT2D eigenvalue weighted by Crippen LogP contribution is -2.12. The summed E-state index contributed by atoms with van der Waals surface area (Å²) in [5.41, 5.74) is 0.536. The molecule has 0 bridgehead atoms. The number of H-pyrrole nitrogens is 1. The lowest BCUT2D eigenvalue weighted by atomic mass is 10.2. The van der Waals surface area contributed by atoms with Crippen LogP contribution in [-0.4, -0.2) is 27.4 Å². The fraction of sp³-hybridized carbons (Fsp3) is 0.250. The highest BCUT2D eigenvalue weighted by molar-refractivity contribution is 6.03. The summed E-state index contributed by atoms with van der Waals surface area (Å²) in [6, 6.07) is 6.93. The lowest BCUT2D eigenvalue weighted by Gasteiger charge is -2.09. The summed E-state index contributed by atoms with van der Waals surface area (Å²) in [4.78, 5) is 11.8. The van der Waals surface area contributed by atoms with Gasteiger partial charge < -0.3 is 10.1 Å². The van der Waals surface area contributed by atoms with E-state index < -0.39 is 0 Å². The first-order valence-electron chi connectivity index (χ1n) is 5.59. The number of nitrogens with zero attached hydrogens (tertiary/aromatic N) is 2. The van der Waals surface area contributed by atoms with Gasteiger partial charge >= 0.3 is 0 Å². The highest BCUT2D eigenvalue weighted by atomic mass is 16.5. The number of amides is 1. The van der Waals surface area contributed by atoms with Gasteiger partial charge in [-0.2, -0.15) is 10.3 Å². The Hall–Kier alpha value is -2.37. The van der Waals surface area contributed by atoms with Gasteiger partial charge in [-0.1, -0.05) is 0 Å². The zero-order chi connectivity index (χ0) is 13.0. The zero-order valence-electron chi connectivity index (χ0n) is 10.2. The van der Waals surface area contributed by atoms with Crippen molar-refractivity contribution in [1.82, 2.24) is 15.4 Å². The van der Waals surface area contributed by atoms with Gasteiger partial charge in [-0.25, -0.2) is 0 Å². The van der Waals surface area contributed by atoms with Crippen LogP contribution in [0.4, 0.5) is 5.82 Å². The van der Waals surface area contributed by atoms with Gasteiger partial charge in [0.25, 0.3) is 5.91 Å². The van der Waals surface area contributed by atoms with Gasteiger partial charge in [-0.15, -0.1) is 5.10 Å². The number of ether oxygens (including phenoxy) is 1. The molecule has 6 heteroatoms. The minimum atomic E-state index is -0.236. The number of aromatic nitrogens is 3. The van der Waals surface area contributed by atoms with E-state index in [0.717, 1.165) is 5.75 Å². The standard InChI is InChI=1S/C12H14N4O2/c1-8(2)18-10-5-3-9(4-6-10)12(17)14-11-7-13-16-15-11/h3-8H,1-2H3,(H2,13,14,15,16,17). The molecule has 1 aromatic carbocycles. The van der Waals surface area contributed by atoms with Gasteiger partial charge in [0.05, 0.1) is 12.3 Å². The summed E-state index contributed by atoms with van der Waals surface area (Å²) >= 11 is 0. The van der Waals surface area contributed by atoms with E-state index in [1.807, 2.05) is 13.8 Å². The van der Waals surface area contributed by atoms with E-state index in [0.29, 0.717) is 11.4 Å². The molecule has 18 heavy (non-hydrogen) atoms. The molecule has 0 unspecified atom stereocenters. The minimum absolute atomic E-state index is 0.111. The van der Waals surface area contributed by atoms with Crippen molar-refractivity contribution >= 4 is 11.7 Å². The van der Waals surface area contributed by atoms with Crippen LogP contribution < -0.4 is 10.1 Å². The molecule has 2 aromatic rings. The summed E-state index contributed by atoms with van der Waals surface area (Å²) in [7, 11) is 0. The summed E-state index contributed by atoms with van der Waals surface area (Å²) in [6.07, 6.45) is 1.55. The number of benzene rings is 1. The first-order chi connectivity index (χ1) is 8.65. The third-order valence-electron chi connectivity index (χ3n) is 2.14. The number of hydrogen-bond donors (Lipinski definition) is 2. The van der Waals surface area contributed by atoms with E-state index in [9.17, 15) is 4.79 Å². The molecule has 94 valence electrons. The smallest absolute Gasteiger partial charge is 0.256 e. The summed E-state index contributed by atoms with van der Waals surface area (Å²) in [5, 5.41) is 12.4. The molecule has 0 saturated heterocycles. The number of nitrogens with one attached hydrogen (secondary N) is 2. The van der Waals surface area contributed by atoms with Crippen LogP contribution in [0.15, 0.2) is 30.5 Å². The Bertz CT molecular complexity index is 505. The van der Waals surface area contributed by atoms with Crippen molar-refractivity contribution in [2.24, 2.45) is 0 Å². The first kappa shape index (κ1) is 12.1. The van der Waals surface area contributed by atoms with Gasteiger partial charge in [-0.3, -0.25) is 4.79 Å². The fourth-order valence-corrected chi connectivity index (χ4v) is 1.41. The zero-order valence-corrected chi connectivity index (χ0v) is 10.2. The van der Waals surface area contributed by atoms with Crippen LogP contribution in [0.3, 0.4) is 0 Å². The van der Waals surface area contributed by atoms with E-state index in [-0.39, 0.29) is 12.0 Å². The maximum atomic E-state index is 11.8. The maximum Gasteiger partial charge on any atom is 0.256 e. The number of carbonyl (C=O) groups excluding carboxylic acids is 1. The lowest BCUT2D eigenvalue weighted by molar-refractivity contribution is 0.102. The molecule has 0 fully saturated rings. The Morgan fingerprint density at radius 2 is 2.06 bits per heavy atom. The van der Waals surface area contributed by atoms with E-state index >= 15 is 0 Å². The van der Waals surface area contributed by atoms with Crippen LogP contribution in [-0.2, 0) is 0 Å². The van der Waals surface area contributed by atoms with E-state index in [1.165, 1.54) is 6.20 Å². The van der Waals surface area contributed by atoms with Gasteiger partial charge in [-0.05, 0) is 38.1 Å². The minimum Gasteiger partial charge on any atom is -0.491 e. The summed E-state index contributed by atoms with van der Waals surface area (Å²) in [6.45, 7) is 3.90. The Balaban J connectivity index is 2.03. The molecular formula is C12H14N4O2. The molecule has 1 heterocycles. The number of carbonyl (C=O) groups is 1. The van der Waals surface area contributed by atoms with Gasteiger partial charge in [0.15, 0.2) is 5.82 Å². The molecule has 0 aliphatic carbocycles. The van der Waals surface area contributed by atoms with E-state index in [2.05, 4.69) is 20.7 Å². The molecule has 0 saturated carbocycles. The maximum absolute atomic E-state index is 11.8. The Kier molecular flexibility index (Phi) is 3.57. The summed E-state index contributed by atoms with van der Waals surface area (Å²) in [5.74, 6) is 0.894. The van der Waals surface area contributed by atoms with Crippen molar-refractivity contribution in [3.8, 4) is 5.75 Å². The van der Waals surface area contributed by atoms with Gasteiger partial charge in [0, 0.05) is 5.56 Å². The second-order valence-electron chi connectivity index (χ2n) is 4.00. The average molecular weight is 246 g/mol. The number of rotatable bonds is 4. The van der Waals surface area contributed by atoms with Crippen molar-refractivity contribution in [2.75, 3.05) is 5.32 Å². The fourth-order valence-electron chi connectivity index (χ4n) is 1.41. The topological polar surface area (TPSA) is 79.9 Å². The second kappa shape index (κ2) is 5.31. The summed E-state index contributed by atoms with van der Waals surface area (Å²) < 4.78 is 5.50. The van der Waals surface area contributed by atoms with Crippen molar-refractivity contribution < 1.29 is 9.53 Å². The second-order valence-corrected chi connectivity index (χ2v) is 4.00. The Labute approximate surface area is 104 Å². The molecule has 1 amide bonds. The molecule has 0 spiro atoms. The highest BCUT2D eigenvalue weighted by Crippen LogP contribution is 2.14. The third-order valence-corrected chi connectivity index (χ3v) is 2.14. The number of hydrogen-bond acceptors (Lipinski definition) is 4. The molecule has 0 aliphatic heterocycles. The molecule has 0 aliphatic rings. The monoisotopic (exact) mass is 246 g/mol. The van der Waals surface area contributed by atoms with Crippen LogP contribution in [0, 0.1) is 0 Å². The quantitative estimate of drug-likeness (QED) is 0.862. The van der Waals surface area contributed by atoms with Crippen molar-refractivity contribution in [2.45, 2.75) is 20.0 Å². The normalized spacial score (nSPS) is 10.4. The molecule has 1 aromatic heterocycles. The molecule has 0 radical (unpaired) electrons. The molecule has 0 atom stereocenters. The number of aromatic amines is 1. The number of anilines is 1. The van der Waals surface area contributed by atoms with E-state index in [1.54, 1.807) is 24.3 Å². The molecule has 6 nitrogen and oxygen atoms in total. The largest absolute Gasteiger partial charge is 0.491 e. The predicted molar refractivity (Wildman–Crippen MR) is 66.5 cm³/mol. The first-order valence-corrected chi connectivity index (χ1v) is 5.59. The Morgan fingerprint density at radius 3 is 2.61 bits per heavy atom. The van der Waals surface area contributed by atoms with Gasteiger partial charge in [0.2, 0.25) is 0 Å². The van der Waals surface area contributed by atoms with Crippen LogP contribution in [0.2, 0.25) is 0 Å². The van der Waals surface area contributed by atoms with E-state index in [4.69, 9.17) is 4.74 Å². The predicted octanol–water partition coefficient (Wildman–Crippen LogP) is 1.84. The average Bonchev–Trinajstić information content (AvgIpc) is 2.82. The third kappa shape index (κ3) is 3.07. The molecule has 2 N–H and O–H groups in total. The van der Waals surface area contributed by atoms with Crippen LogP contribution in [0.25, 0.3) is 0 Å². The SMILES string of the molecule is CC(C)Oc1ccc(C(=O)Nc2cn[nH]n2)cc1. The van der Waals surface area contributed by atoms with Crippen molar-refractivity contribution in [3.63, 3.8) is 0 Å². The van der Waals surface area contributed by atoms with Crippen molar-refractivity contribution in [3.05, 3.63) is 36.0 Å². The van der Waals surface area contributed by atoms with Crippen molar-refractivity contribution in [1.29, 1.82) is 0 Å². The molecule has 2 rings (SSSR count). The Morgan fingerprint density at radius 1 is 1.33 bits per heavy atom. The van der Waals surface area contributed by atoms with Crippen LogP contribution >= 0.6 is 0 Å². The molecular weight excluding hydrogens is 232 g/mol. The van der Waals surface area contributed by atoms with Gasteiger partial charge in [0.1, 0.15) is 5.75 Å². The highest BCUT2D eigenvalue weighted by Gasteiger charge is 2.07. The van der Waals surface area contributed by atoms with Crippen LogP contribution in [0.1, 0.15) is 24.2 Å². The van der Waals surface area contributed by atoms with Crippen LogP contribution in [0.5, 0.6) is 5.75 Å².